The number of rotatable bonds is 4. The van der Waals surface area contributed by atoms with E-state index < -0.39 is 5.97 Å². The SMILES string of the molecule is CCCC(=O)Nc1cccc(C(=O)OC)c1N. The fraction of sp³-hybridized carbons (Fsp3) is 0.333. The van der Waals surface area contributed by atoms with Crippen LogP contribution in [0.1, 0.15) is 30.1 Å². The van der Waals surface area contributed by atoms with Gasteiger partial charge < -0.3 is 15.8 Å². The van der Waals surface area contributed by atoms with Crippen LogP contribution in [0.3, 0.4) is 0 Å². The standard InChI is InChI=1S/C12H16N2O3/c1-3-5-10(15)14-9-7-4-6-8(11(9)13)12(16)17-2/h4,6-7H,3,5,13H2,1-2H3,(H,14,15). The lowest BCUT2D eigenvalue weighted by molar-refractivity contribution is -0.116. The summed E-state index contributed by atoms with van der Waals surface area (Å²) in [6, 6.07) is 4.84. The van der Waals surface area contributed by atoms with E-state index in [1.165, 1.54) is 7.11 Å². The molecule has 0 unspecified atom stereocenters. The van der Waals surface area contributed by atoms with E-state index in [9.17, 15) is 9.59 Å². The highest BCUT2D eigenvalue weighted by atomic mass is 16.5. The summed E-state index contributed by atoms with van der Waals surface area (Å²) in [6.45, 7) is 1.91. The Kier molecular flexibility index (Phi) is 4.51. The van der Waals surface area contributed by atoms with E-state index in [0.717, 1.165) is 6.42 Å². The number of methoxy groups -OCH3 is 1. The molecule has 1 amide bonds. The van der Waals surface area contributed by atoms with Gasteiger partial charge in [-0.05, 0) is 18.6 Å². The van der Waals surface area contributed by atoms with Crippen molar-refractivity contribution < 1.29 is 14.3 Å². The van der Waals surface area contributed by atoms with Crippen LogP contribution >= 0.6 is 0 Å². The van der Waals surface area contributed by atoms with Gasteiger partial charge in [-0.15, -0.1) is 0 Å². The van der Waals surface area contributed by atoms with E-state index in [0.29, 0.717) is 12.1 Å². The van der Waals surface area contributed by atoms with E-state index >= 15 is 0 Å². The lowest BCUT2D eigenvalue weighted by Gasteiger charge is -2.10. The Labute approximate surface area is 99.9 Å². The molecule has 0 bridgehead atoms. The summed E-state index contributed by atoms with van der Waals surface area (Å²) >= 11 is 0. The Balaban J connectivity index is 2.94. The third-order valence-electron chi connectivity index (χ3n) is 2.26. The van der Waals surface area contributed by atoms with Crippen LogP contribution in [0.15, 0.2) is 18.2 Å². The van der Waals surface area contributed by atoms with Gasteiger partial charge in [-0.3, -0.25) is 4.79 Å². The highest BCUT2D eigenvalue weighted by molar-refractivity contribution is 6.02. The topological polar surface area (TPSA) is 81.4 Å². The van der Waals surface area contributed by atoms with Crippen molar-refractivity contribution in [1.82, 2.24) is 0 Å². The predicted octanol–water partition coefficient (Wildman–Crippen LogP) is 1.79. The average molecular weight is 236 g/mol. The van der Waals surface area contributed by atoms with Gasteiger partial charge in [-0.25, -0.2) is 4.79 Å². The third-order valence-corrected chi connectivity index (χ3v) is 2.26. The summed E-state index contributed by atoms with van der Waals surface area (Å²) in [5, 5.41) is 2.66. The number of nitrogens with one attached hydrogen (secondary N) is 1. The second-order valence-corrected chi connectivity index (χ2v) is 3.56. The summed E-state index contributed by atoms with van der Waals surface area (Å²) in [7, 11) is 1.28. The number of carbonyl (C=O) groups excluding carboxylic acids is 2. The van der Waals surface area contributed by atoms with Gasteiger partial charge in [0.15, 0.2) is 0 Å². The number of carbonyl (C=O) groups is 2. The molecule has 0 atom stereocenters. The zero-order valence-corrected chi connectivity index (χ0v) is 9.95. The molecule has 1 rings (SSSR count). The summed E-state index contributed by atoms with van der Waals surface area (Å²) in [4.78, 5) is 22.8. The molecule has 0 aliphatic rings. The molecule has 3 N–H and O–H groups in total. The first kappa shape index (κ1) is 13.0. The van der Waals surface area contributed by atoms with Crippen LogP contribution in [0.5, 0.6) is 0 Å². The largest absolute Gasteiger partial charge is 0.465 e. The molecule has 0 saturated carbocycles. The van der Waals surface area contributed by atoms with Crippen molar-refractivity contribution in [3.05, 3.63) is 23.8 Å². The lowest BCUT2D eigenvalue weighted by atomic mass is 10.1. The van der Waals surface area contributed by atoms with Gasteiger partial charge in [0.2, 0.25) is 5.91 Å². The number of esters is 1. The van der Waals surface area contributed by atoms with Crippen LogP contribution in [0.4, 0.5) is 11.4 Å². The monoisotopic (exact) mass is 236 g/mol. The maximum Gasteiger partial charge on any atom is 0.340 e. The van der Waals surface area contributed by atoms with Gasteiger partial charge in [0.25, 0.3) is 0 Å². The third kappa shape index (κ3) is 3.21. The molecule has 5 heteroatoms. The molecular weight excluding hydrogens is 220 g/mol. The molecule has 0 saturated heterocycles. The normalized spacial score (nSPS) is 9.76. The number of hydrogen-bond donors (Lipinski definition) is 2. The fourth-order valence-electron chi connectivity index (χ4n) is 1.40. The van der Waals surface area contributed by atoms with Gasteiger partial charge >= 0.3 is 5.97 Å². The van der Waals surface area contributed by atoms with E-state index in [1.807, 2.05) is 6.92 Å². The van der Waals surface area contributed by atoms with E-state index in [-0.39, 0.29) is 17.2 Å². The van der Waals surface area contributed by atoms with Crippen LogP contribution in [0.2, 0.25) is 0 Å². The Morgan fingerprint density at radius 3 is 2.71 bits per heavy atom. The van der Waals surface area contributed by atoms with Crippen molar-refractivity contribution in [2.45, 2.75) is 19.8 Å². The molecule has 0 radical (unpaired) electrons. The predicted molar refractivity (Wildman–Crippen MR) is 65.7 cm³/mol. The number of ether oxygens (including phenoxy) is 1. The first-order valence-corrected chi connectivity index (χ1v) is 5.36. The minimum Gasteiger partial charge on any atom is -0.465 e. The van der Waals surface area contributed by atoms with Crippen molar-refractivity contribution in [2.75, 3.05) is 18.2 Å². The number of benzene rings is 1. The molecule has 92 valence electrons. The fourth-order valence-corrected chi connectivity index (χ4v) is 1.40. The molecule has 0 fully saturated rings. The highest BCUT2D eigenvalue weighted by Gasteiger charge is 2.13. The zero-order chi connectivity index (χ0) is 12.8. The van der Waals surface area contributed by atoms with Crippen molar-refractivity contribution >= 4 is 23.3 Å². The highest BCUT2D eigenvalue weighted by Crippen LogP contribution is 2.23. The molecule has 1 aromatic rings. The molecule has 0 aliphatic heterocycles. The van der Waals surface area contributed by atoms with Crippen LogP contribution in [0, 0.1) is 0 Å². The van der Waals surface area contributed by atoms with Crippen molar-refractivity contribution in [1.29, 1.82) is 0 Å². The summed E-state index contributed by atoms with van der Waals surface area (Å²) in [5.41, 5.74) is 6.70. The Hall–Kier alpha value is -2.04. The summed E-state index contributed by atoms with van der Waals surface area (Å²) in [6.07, 6.45) is 1.17. The number of anilines is 2. The first-order chi connectivity index (χ1) is 8.10. The van der Waals surface area contributed by atoms with Crippen LogP contribution in [-0.4, -0.2) is 19.0 Å². The molecule has 17 heavy (non-hydrogen) atoms. The van der Waals surface area contributed by atoms with E-state index in [1.54, 1.807) is 18.2 Å². The van der Waals surface area contributed by atoms with Gasteiger partial charge in [-0.1, -0.05) is 13.0 Å². The molecule has 5 nitrogen and oxygen atoms in total. The minimum atomic E-state index is -0.519. The van der Waals surface area contributed by atoms with Gasteiger partial charge in [-0.2, -0.15) is 0 Å². The summed E-state index contributed by atoms with van der Waals surface area (Å²) in [5.74, 6) is -0.643. The number of nitrogen functional groups attached to an aromatic ring is 1. The lowest BCUT2D eigenvalue weighted by Crippen LogP contribution is -2.14. The Bertz CT molecular complexity index is 430. The Morgan fingerprint density at radius 1 is 1.41 bits per heavy atom. The van der Waals surface area contributed by atoms with Crippen LogP contribution < -0.4 is 11.1 Å². The van der Waals surface area contributed by atoms with Crippen molar-refractivity contribution in [3.8, 4) is 0 Å². The first-order valence-electron chi connectivity index (χ1n) is 5.36. The van der Waals surface area contributed by atoms with Gasteiger partial charge in [0, 0.05) is 6.42 Å². The van der Waals surface area contributed by atoms with Gasteiger partial charge in [0.05, 0.1) is 24.0 Å². The van der Waals surface area contributed by atoms with Crippen LogP contribution in [-0.2, 0) is 9.53 Å². The quantitative estimate of drug-likeness (QED) is 0.617. The average Bonchev–Trinajstić information content (AvgIpc) is 2.31. The second-order valence-electron chi connectivity index (χ2n) is 3.56. The van der Waals surface area contributed by atoms with Crippen molar-refractivity contribution in [2.24, 2.45) is 0 Å². The van der Waals surface area contributed by atoms with E-state index in [2.05, 4.69) is 10.1 Å². The van der Waals surface area contributed by atoms with E-state index in [4.69, 9.17) is 5.73 Å². The molecule has 0 aromatic heterocycles. The molecule has 0 heterocycles. The molecule has 0 spiro atoms. The smallest absolute Gasteiger partial charge is 0.340 e. The van der Waals surface area contributed by atoms with Gasteiger partial charge in [0.1, 0.15) is 0 Å². The molecular formula is C12H16N2O3. The maximum atomic E-state index is 11.4. The summed E-state index contributed by atoms with van der Waals surface area (Å²) < 4.78 is 4.59. The maximum absolute atomic E-state index is 11.4. The number of nitrogens with two attached hydrogens (primary N) is 1. The number of para-hydroxylation sites is 1. The molecule has 0 aliphatic carbocycles. The van der Waals surface area contributed by atoms with Crippen LogP contribution in [0.25, 0.3) is 0 Å². The Morgan fingerprint density at radius 2 is 2.12 bits per heavy atom. The zero-order valence-electron chi connectivity index (χ0n) is 9.95. The second kappa shape index (κ2) is 5.89. The van der Waals surface area contributed by atoms with Crippen molar-refractivity contribution in [3.63, 3.8) is 0 Å². The number of amides is 1. The number of hydrogen-bond acceptors (Lipinski definition) is 4. The molecule has 1 aromatic carbocycles. The minimum absolute atomic E-state index is 0.124.